The summed E-state index contributed by atoms with van der Waals surface area (Å²) in [6.45, 7) is 7.25. The topological polar surface area (TPSA) is 79.7 Å². The van der Waals surface area contributed by atoms with Crippen LogP contribution < -0.4 is 25.4 Å². The van der Waals surface area contributed by atoms with E-state index in [9.17, 15) is 9.59 Å². The summed E-state index contributed by atoms with van der Waals surface area (Å²) >= 11 is 0. The number of nitrogens with one attached hydrogen (secondary N) is 1. The lowest BCUT2D eigenvalue weighted by Gasteiger charge is -2.37. The molecule has 33 heavy (non-hydrogen) atoms. The van der Waals surface area contributed by atoms with Crippen LogP contribution in [0.5, 0.6) is 5.75 Å². The Morgan fingerprint density at radius 3 is 2.33 bits per heavy atom. The third-order valence-electron chi connectivity index (χ3n) is 5.55. The van der Waals surface area contributed by atoms with Gasteiger partial charge in [-0.15, -0.1) is 0 Å². The van der Waals surface area contributed by atoms with Gasteiger partial charge >= 0.3 is 0 Å². The molecule has 0 radical (unpaired) electrons. The normalized spacial score (nSPS) is 13.6. The fourth-order valence-corrected chi connectivity index (χ4v) is 3.94. The number of carbonyl (C=O) groups excluding carboxylic acids is 1. The van der Waals surface area contributed by atoms with E-state index in [1.54, 1.807) is 31.2 Å². The lowest BCUT2D eigenvalue weighted by molar-refractivity contribution is -0.116. The van der Waals surface area contributed by atoms with Crippen LogP contribution in [-0.2, 0) is 11.3 Å². The Labute approximate surface area is 193 Å². The number of carbonyl (C=O) groups is 1. The van der Waals surface area contributed by atoms with Crippen molar-refractivity contribution in [3.8, 4) is 5.75 Å². The maximum Gasteiger partial charge on any atom is 0.255 e. The molecule has 1 aliphatic heterocycles. The number of hydrogen-bond donors (Lipinski definition) is 1. The molecule has 1 aromatic heterocycles. The number of ether oxygens (including phenoxy) is 1. The first kappa shape index (κ1) is 22.4. The lowest BCUT2D eigenvalue weighted by Crippen LogP contribution is -2.48. The molecule has 1 saturated heterocycles. The smallest absolute Gasteiger partial charge is 0.255 e. The molecule has 172 valence electrons. The van der Waals surface area contributed by atoms with E-state index in [4.69, 9.17) is 4.74 Å². The molecule has 2 aromatic carbocycles. The first-order valence-corrected chi connectivity index (χ1v) is 11.2. The van der Waals surface area contributed by atoms with Crippen molar-refractivity contribution in [2.75, 3.05) is 47.9 Å². The van der Waals surface area contributed by atoms with Crippen molar-refractivity contribution in [3.63, 3.8) is 0 Å². The Morgan fingerprint density at radius 2 is 1.67 bits per heavy atom. The minimum absolute atomic E-state index is 0.104. The number of rotatable bonds is 7. The predicted octanol–water partition coefficient (Wildman–Crippen LogP) is 2.92. The number of para-hydroxylation sites is 1. The zero-order valence-corrected chi connectivity index (χ0v) is 19.0. The molecular weight excluding hydrogens is 418 g/mol. The van der Waals surface area contributed by atoms with Crippen LogP contribution in [-0.4, -0.2) is 48.2 Å². The summed E-state index contributed by atoms with van der Waals surface area (Å²) in [4.78, 5) is 34.5. The molecule has 1 N–H and O–H groups in total. The summed E-state index contributed by atoms with van der Waals surface area (Å²) in [6.07, 6.45) is 0. The first-order valence-electron chi connectivity index (χ1n) is 11.2. The summed E-state index contributed by atoms with van der Waals surface area (Å²) in [5, 5.41) is 2.85. The average molecular weight is 448 g/mol. The molecule has 1 amide bonds. The van der Waals surface area contributed by atoms with E-state index in [2.05, 4.69) is 32.2 Å². The van der Waals surface area contributed by atoms with Gasteiger partial charge in [-0.2, -0.15) is 0 Å². The van der Waals surface area contributed by atoms with Crippen molar-refractivity contribution in [2.45, 2.75) is 20.4 Å². The summed E-state index contributed by atoms with van der Waals surface area (Å²) in [7, 11) is 0. The van der Waals surface area contributed by atoms with E-state index >= 15 is 0 Å². The van der Waals surface area contributed by atoms with Crippen molar-refractivity contribution in [3.05, 3.63) is 76.7 Å². The number of aromatic nitrogens is 2. The average Bonchev–Trinajstić information content (AvgIpc) is 2.83. The van der Waals surface area contributed by atoms with Crippen LogP contribution in [0.3, 0.4) is 0 Å². The molecule has 4 rings (SSSR count). The zero-order valence-electron chi connectivity index (χ0n) is 19.0. The van der Waals surface area contributed by atoms with Crippen LogP contribution in [0.2, 0.25) is 0 Å². The van der Waals surface area contributed by atoms with Crippen LogP contribution in [0.25, 0.3) is 0 Å². The van der Waals surface area contributed by atoms with Crippen molar-refractivity contribution < 1.29 is 9.53 Å². The molecule has 0 saturated carbocycles. The number of benzene rings is 2. The fraction of sp³-hybridized carbons (Fsp3) is 0.320. The van der Waals surface area contributed by atoms with Gasteiger partial charge in [-0.25, -0.2) is 4.98 Å². The highest BCUT2D eigenvalue weighted by Crippen LogP contribution is 2.19. The number of anilines is 3. The monoisotopic (exact) mass is 447 g/mol. The van der Waals surface area contributed by atoms with Gasteiger partial charge in [0.1, 0.15) is 12.3 Å². The van der Waals surface area contributed by atoms with Gasteiger partial charge in [0.05, 0.1) is 6.61 Å². The molecule has 8 heteroatoms. The minimum Gasteiger partial charge on any atom is -0.494 e. The van der Waals surface area contributed by atoms with Gasteiger partial charge in [-0.05, 0) is 50.2 Å². The molecule has 0 unspecified atom stereocenters. The van der Waals surface area contributed by atoms with E-state index in [-0.39, 0.29) is 18.0 Å². The maximum absolute atomic E-state index is 12.8. The van der Waals surface area contributed by atoms with Crippen LogP contribution >= 0.6 is 0 Å². The molecule has 2 heterocycles. The molecular formula is C25H29N5O3. The van der Waals surface area contributed by atoms with Crippen LogP contribution in [0.4, 0.5) is 17.3 Å². The summed E-state index contributed by atoms with van der Waals surface area (Å²) in [6, 6.07) is 18.9. The Morgan fingerprint density at radius 1 is 1.00 bits per heavy atom. The molecule has 0 spiro atoms. The van der Waals surface area contributed by atoms with E-state index in [1.807, 2.05) is 25.1 Å². The van der Waals surface area contributed by atoms with Gasteiger partial charge < -0.3 is 19.9 Å². The molecule has 0 aliphatic carbocycles. The third-order valence-corrected chi connectivity index (χ3v) is 5.55. The fourth-order valence-electron chi connectivity index (χ4n) is 3.94. The Hall–Kier alpha value is -3.81. The highest BCUT2D eigenvalue weighted by molar-refractivity contribution is 5.90. The van der Waals surface area contributed by atoms with Crippen molar-refractivity contribution >= 4 is 23.2 Å². The number of nitrogens with zero attached hydrogens (tertiary/aromatic N) is 4. The number of hydrogen-bond acceptors (Lipinski definition) is 6. The zero-order chi connectivity index (χ0) is 23.2. The second-order valence-corrected chi connectivity index (χ2v) is 7.94. The quantitative estimate of drug-likeness (QED) is 0.600. The second-order valence-electron chi connectivity index (χ2n) is 7.94. The third kappa shape index (κ3) is 5.52. The number of aryl methyl sites for hydroxylation is 1. The highest BCUT2D eigenvalue weighted by Gasteiger charge is 2.22. The van der Waals surface area contributed by atoms with Crippen molar-refractivity contribution in [1.29, 1.82) is 0 Å². The van der Waals surface area contributed by atoms with Gasteiger partial charge in [0, 0.05) is 49.3 Å². The molecule has 0 bridgehead atoms. The van der Waals surface area contributed by atoms with E-state index in [1.165, 1.54) is 16.3 Å². The van der Waals surface area contributed by atoms with Gasteiger partial charge in [-0.1, -0.05) is 18.2 Å². The largest absolute Gasteiger partial charge is 0.494 e. The van der Waals surface area contributed by atoms with Gasteiger partial charge in [0.2, 0.25) is 11.9 Å². The van der Waals surface area contributed by atoms with E-state index in [0.717, 1.165) is 18.8 Å². The van der Waals surface area contributed by atoms with Crippen LogP contribution in [0.1, 0.15) is 12.6 Å². The SMILES string of the molecule is CCOc1ccc(NC(=O)Cn2c(N3CCN(c4ccccc4)CC3)nc(C)cc2=O)cc1. The highest BCUT2D eigenvalue weighted by atomic mass is 16.5. The molecule has 1 aliphatic rings. The maximum atomic E-state index is 12.8. The first-order chi connectivity index (χ1) is 16.0. The molecule has 1 fully saturated rings. The summed E-state index contributed by atoms with van der Waals surface area (Å²) in [5.41, 5.74) is 2.24. The van der Waals surface area contributed by atoms with Crippen molar-refractivity contribution in [2.24, 2.45) is 0 Å². The van der Waals surface area contributed by atoms with Crippen LogP contribution in [0.15, 0.2) is 65.5 Å². The van der Waals surface area contributed by atoms with Gasteiger partial charge in [0.15, 0.2) is 0 Å². The van der Waals surface area contributed by atoms with Gasteiger partial charge in [0.25, 0.3) is 5.56 Å². The Balaban J connectivity index is 1.46. The Kier molecular flexibility index (Phi) is 6.92. The summed E-state index contributed by atoms with van der Waals surface area (Å²) in [5.74, 6) is 0.997. The number of amides is 1. The Bertz CT molecular complexity index is 1140. The predicted molar refractivity (Wildman–Crippen MR) is 130 cm³/mol. The second kappa shape index (κ2) is 10.2. The molecule has 0 atom stereocenters. The molecule has 8 nitrogen and oxygen atoms in total. The van der Waals surface area contributed by atoms with Crippen LogP contribution in [0, 0.1) is 6.92 Å². The van der Waals surface area contributed by atoms with Crippen molar-refractivity contribution in [1.82, 2.24) is 9.55 Å². The number of piperazine rings is 1. The van der Waals surface area contributed by atoms with E-state index < -0.39 is 0 Å². The lowest BCUT2D eigenvalue weighted by atomic mass is 10.2. The molecule has 3 aromatic rings. The van der Waals surface area contributed by atoms with Gasteiger partial charge in [-0.3, -0.25) is 14.2 Å². The standard InChI is InChI=1S/C25H29N5O3/c1-3-33-22-11-9-20(10-12-22)27-23(31)18-30-24(32)17-19(2)26-25(30)29-15-13-28(14-16-29)21-7-5-4-6-8-21/h4-12,17H,3,13-16,18H2,1-2H3,(H,27,31). The minimum atomic E-state index is -0.281. The summed E-state index contributed by atoms with van der Waals surface area (Å²) < 4.78 is 6.89. The van der Waals surface area contributed by atoms with E-state index in [0.29, 0.717) is 37.0 Å².